The molecule has 2 aliphatic rings. The minimum Gasteiger partial charge on any atom is -0.481 e. The molecule has 0 saturated heterocycles. The van der Waals surface area contributed by atoms with Crippen molar-refractivity contribution >= 4 is 29.5 Å². The molecule has 0 amide bonds. The highest BCUT2D eigenvalue weighted by Crippen LogP contribution is 2.38. The van der Waals surface area contributed by atoms with Gasteiger partial charge in [0.25, 0.3) is 0 Å². The number of nitrogens with one attached hydrogen (secondary N) is 2. The molecule has 0 spiro atoms. The fourth-order valence-electron chi connectivity index (χ4n) is 4.47. The van der Waals surface area contributed by atoms with E-state index >= 15 is 0 Å². The molecule has 0 radical (unpaired) electrons. The summed E-state index contributed by atoms with van der Waals surface area (Å²) in [5, 5.41) is 17.5. The van der Waals surface area contributed by atoms with Crippen LogP contribution in [-0.2, 0) is 10.5 Å². The largest absolute Gasteiger partial charge is 0.481 e. The highest BCUT2D eigenvalue weighted by atomic mass is 35.5. The van der Waals surface area contributed by atoms with Crippen LogP contribution in [0, 0.1) is 5.92 Å². The maximum atomic E-state index is 11.0. The number of benzene rings is 2. The maximum Gasteiger partial charge on any atom is 0.303 e. The molecular weight excluding hydrogens is 398 g/mol. The van der Waals surface area contributed by atoms with Crippen LogP contribution in [0.4, 0.5) is 5.69 Å². The molecule has 6 heteroatoms. The van der Waals surface area contributed by atoms with Gasteiger partial charge in [-0.15, -0.1) is 0 Å². The van der Waals surface area contributed by atoms with Gasteiger partial charge in [-0.3, -0.25) is 10.2 Å². The smallest absolute Gasteiger partial charge is 0.303 e. The highest BCUT2D eigenvalue weighted by Gasteiger charge is 2.31. The molecule has 1 unspecified atom stereocenters. The average molecular weight is 424 g/mol. The van der Waals surface area contributed by atoms with Gasteiger partial charge in [-0.05, 0) is 73.4 Å². The monoisotopic (exact) mass is 423 g/mol. The van der Waals surface area contributed by atoms with Crippen molar-refractivity contribution in [1.29, 1.82) is 0 Å². The first-order valence-corrected chi connectivity index (χ1v) is 10.8. The van der Waals surface area contributed by atoms with Gasteiger partial charge in [0.15, 0.2) is 5.66 Å². The standard InChI is InChI=1S/C24H26ClN3O2/c25-21-3-1-4-22(16-21)27-24(13-2-14-26-28-24)20-11-9-19(10-12-20)18-7-5-17(6-8-18)15-23(29)30/h1-4,9-14,16-18,27-28H,5-8,15H2,(H,29,30). The first kappa shape index (κ1) is 20.5. The Hall–Kier alpha value is -2.79. The van der Waals surface area contributed by atoms with Crippen molar-refractivity contribution in [3.05, 3.63) is 76.8 Å². The Labute approximate surface area is 181 Å². The average Bonchev–Trinajstić information content (AvgIpc) is 2.75. The lowest BCUT2D eigenvalue weighted by molar-refractivity contribution is -0.138. The topological polar surface area (TPSA) is 73.7 Å². The molecule has 1 aliphatic carbocycles. The van der Waals surface area contributed by atoms with Crippen LogP contribution in [0.25, 0.3) is 0 Å². The minimum atomic E-state index is -0.684. The highest BCUT2D eigenvalue weighted by molar-refractivity contribution is 6.30. The summed E-state index contributed by atoms with van der Waals surface area (Å²) in [4.78, 5) is 11.0. The van der Waals surface area contributed by atoms with E-state index in [0.717, 1.165) is 36.9 Å². The number of nitrogens with zero attached hydrogens (tertiary/aromatic N) is 1. The molecule has 4 rings (SSSR count). The van der Waals surface area contributed by atoms with Gasteiger partial charge in [-0.2, -0.15) is 5.10 Å². The van der Waals surface area contributed by atoms with E-state index in [9.17, 15) is 4.79 Å². The molecule has 0 aromatic heterocycles. The summed E-state index contributed by atoms with van der Waals surface area (Å²) in [6, 6.07) is 16.3. The normalized spacial score (nSPS) is 25.5. The Balaban J connectivity index is 1.50. The van der Waals surface area contributed by atoms with Crippen LogP contribution in [0.3, 0.4) is 0 Å². The molecule has 1 fully saturated rings. The third-order valence-electron chi connectivity index (χ3n) is 6.06. The molecule has 156 valence electrons. The maximum absolute atomic E-state index is 11.0. The molecule has 2 aromatic carbocycles. The fraction of sp³-hybridized carbons (Fsp3) is 0.333. The molecule has 1 atom stereocenters. The number of carboxylic acids is 1. The number of carbonyl (C=O) groups is 1. The van der Waals surface area contributed by atoms with Crippen LogP contribution in [0.2, 0.25) is 5.02 Å². The predicted molar refractivity (Wildman–Crippen MR) is 121 cm³/mol. The van der Waals surface area contributed by atoms with Crippen LogP contribution >= 0.6 is 11.6 Å². The van der Waals surface area contributed by atoms with Crippen LogP contribution in [0.5, 0.6) is 0 Å². The van der Waals surface area contributed by atoms with Gasteiger partial charge in [0, 0.05) is 28.9 Å². The van der Waals surface area contributed by atoms with E-state index in [4.69, 9.17) is 16.7 Å². The van der Waals surface area contributed by atoms with Crippen LogP contribution in [-0.4, -0.2) is 17.3 Å². The third kappa shape index (κ3) is 4.68. The van der Waals surface area contributed by atoms with Gasteiger partial charge in [0.2, 0.25) is 0 Å². The van der Waals surface area contributed by atoms with Gasteiger partial charge in [-0.25, -0.2) is 0 Å². The van der Waals surface area contributed by atoms with Gasteiger partial charge < -0.3 is 10.4 Å². The van der Waals surface area contributed by atoms with E-state index in [2.05, 4.69) is 40.1 Å². The van der Waals surface area contributed by atoms with Crippen molar-refractivity contribution in [2.75, 3.05) is 5.32 Å². The summed E-state index contributed by atoms with van der Waals surface area (Å²) in [5.74, 6) is 0.127. The van der Waals surface area contributed by atoms with Crippen LogP contribution in [0.1, 0.15) is 49.1 Å². The zero-order valence-corrected chi connectivity index (χ0v) is 17.5. The van der Waals surface area contributed by atoms with E-state index < -0.39 is 11.6 Å². The van der Waals surface area contributed by atoms with Crippen molar-refractivity contribution in [3.8, 4) is 0 Å². The number of anilines is 1. The Morgan fingerprint density at radius 3 is 2.57 bits per heavy atom. The second kappa shape index (κ2) is 8.92. The quantitative estimate of drug-likeness (QED) is 0.573. The summed E-state index contributed by atoms with van der Waals surface area (Å²) in [7, 11) is 0. The predicted octanol–water partition coefficient (Wildman–Crippen LogP) is 5.50. The lowest BCUT2D eigenvalue weighted by Gasteiger charge is -2.35. The molecule has 0 bridgehead atoms. The van der Waals surface area contributed by atoms with Gasteiger partial charge in [0.05, 0.1) is 0 Å². The molecule has 5 nitrogen and oxygen atoms in total. The number of aliphatic carboxylic acids is 1. The number of hydrazone groups is 1. The van der Waals surface area contributed by atoms with Crippen LogP contribution < -0.4 is 10.7 Å². The second-order valence-electron chi connectivity index (χ2n) is 8.13. The minimum absolute atomic E-state index is 0.294. The molecule has 1 saturated carbocycles. The second-order valence-corrected chi connectivity index (χ2v) is 8.57. The lowest BCUT2D eigenvalue weighted by atomic mass is 9.77. The Bertz CT molecular complexity index is 949. The van der Waals surface area contributed by atoms with E-state index in [1.54, 1.807) is 6.21 Å². The van der Waals surface area contributed by atoms with Gasteiger partial charge in [-0.1, -0.05) is 41.9 Å². The summed E-state index contributed by atoms with van der Waals surface area (Å²) in [6.45, 7) is 0. The summed E-state index contributed by atoms with van der Waals surface area (Å²) in [5.41, 5.74) is 5.83. The van der Waals surface area contributed by atoms with Crippen molar-refractivity contribution in [2.45, 2.75) is 43.7 Å². The van der Waals surface area contributed by atoms with E-state index in [1.807, 2.05) is 36.4 Å². The fourth-order valence-corrected chi connectivity index (χ4v) is 4.66. The van der Waals surface area contributed by atoms with E-state index in [1.165, 1.54) is 5.56 Å². The summed E-state index contributed by atoms with van der Waals surface area (Å²) >= 11 is 6.16. The molecule has 1 aliphatic heterocycles. The first-order chi connectivity index (χ1) is 14.5. The Kier molecular flexibility index (Phi) is 6.09. The molecule has 30 heavy (non-hydrogen) atoms. The molecule has 3 N–H and O–H groups in total. The SMILES string of the molecule is O=C(O)CC1CCC(c2ccc(C3(Nc4cccc(Cl)c4)C=CC=NN3)cc2)CC1. The molecule has 1 heterocycles. The van der Waals surface area contributed by atoms with Crippen molar-refractivity contribution < 1.29 is 9.90 Å². The zero-order valence-electron chi connectivity index (χ0n) is 16.7. The number of halogens is 1. The van der Waals surface area contributed by atoms with Gasteiger partial charge >= 0.3 is 5.97 Å². The van der Waals surface area contributed by atoms with Crippen molar-refractivity contribution in [2.24, 2.45) is 11.0 Å². The number of allylic oxidation sites excluding steroid dienone is 1. The first-order valence-electron chi connectivity index (χ1n) is 10.4. The Morgan fingerprint density at radius 1 is 1.17 bits per heavy atom. The summed E-state index contributed by atoms with van der Waals surface area (Å²) < 4.78 is 0. The van der Waals surface area contributed by atoms with Crippen LogP contribution in [0.15, 0.2) is 65.8 Å². The Morgan fingerprint density at radius 2 is 1.93 bits per heavy atom. The number of carboxylic acid groups (broad SMARTS) is 1. The number of hydrogen-bond acceptors (Lipinski definition) is 4. The molecular formula is C24H26ClN3O2. The number of hydrogen-bond donors (Lipinski definition) is 3. The van der Waals surface area contributed by atoms with Gasteiger partial charge in [0.1, 0.15) is 0 Å². The van der Waals surface area contributed by atoms with E-state index in [-0.39, 0.29) is 0 Å². The van der Waals surface area contributed by atoms with E-state index in [0.29, 0.717) is 23.3 Å². The number of rotatable bonds is 6. The van der Waals surface area contributed by atoms with Crippen molar-refractivity contribution in [3.63, 3.8) is 0 Å². The molecule has 2 aromatic rings. The van der Waals surface area contributed by atoms with Crippen molar-refractivity contribution in [1.82, 2.24) is 5.43 Å². The zero-order chi connectivity index (χ0) is 21.0. The third-order valence-corrected chi connectivity index (χ3v) is 6.30. The lowest BCUT2D eigenvalue weighted by Crippen LogP contribution is -2.46. The summed E-state index contributed by atoms with van der Waals surface area (Å²) in [6.07, 6.45) is 10.1.